The first kappa shape index (κ1) is 16.7. The SMILES string of the molecule is O=S(=O)(Cl)CC1(COCc2ccccc2F)CCCCC1. The minimum absolute atomic E-state index is 0.0706. The molecule has 0 aromatic heterocycles. The van der Waals surface area contributed by atoms with E-state index in [0.717, 1.165) is 32.1 Å². The highest BCUT2D eigenvalue weighted by Gasteiger charge is 2.36. The molecule has 21 heavy (non-hydrogen) atoms. The summed E-state index contributed by atoms with van der Waals surface area (Å²) in [5, 5.41) is 0. The fourth-order valence-electron chi connectivity index (χ4n) is 2.99. The van der Waals surface area contributed by atoms with Gasteiger partial charge >= 0.3 is 0 Å². The Kier molecular flexibility index (Phi) is 5.63. The summed E-state index contributed by atoms with van der Waals surface area (Å²) < 4.78 is 42.0. The van der Waals surface area contributed by atoms with Crippen LogP contribution >= 0.6 is 10.7 Å². The maximum absolute atomic E-state index is 13.5. The van der Waals surface area contributed by atoms with Crippen molar-refractivity contribution in [3.8, 4) is 0 Å². The second kappa shape index (κ2) is 7.07. The van der Waals surface area contributed by atoms with Crippen molar-refractivity contribution in [3.05, 3.63) is 35.6 Å². The minimum Gasteiger partial charge on any atom is -0.376 e. The summed E-state index contributed by atoms with van der Waals surface area (Å²) in [6, 6.07) is 6.43. The summed E-state index contributed by atoms with van der Waals surface area (Å²) in [6.45, 7) is 0.448. The zero-order chi connectivity index (χ0) is 15.3. The average Bonchev–Trinajstić information content (AvgIpc) is 2.40. The monoisotopic (exact) mass is 334 g/mol. The quantitative estimate of drug-likeness (QED) is 0.742. The van der Waals surface area contributed by atoms with Crippen molar-refractivity contribution in [2.75, 3.05) is 12.4 Å². The van der Waals surface area contributed by atoms with Gasteiger partial charge in [-0.15, -0.1) is 0 Å². The van der Waals surface area contributed by atoms with Crippen molar-refractivity contribution in [2.45, 2.75) is 38.7 Å². The van der Waals surface area contributed by atoms with Crippen LogP contribution in [0.2, 0.25) is 0 Å². The van der Waals surface area contributed by atoms with Crippen LogP contribution < -0.4 is 0 Å². The molecule has 0 bridgehead atoms. The first-order chi connectivity index (χ1) is 9.90. The number of ether oxygens (including phenoxy) is 1. The fourth-order valence-corrected chi connectivity index (χ4v) is 4.79. The molecule has 0 N–H and O–H groups in total. The Balaban J connectivity index is 1.98. The lowest BCUT2D eigenvalue weighted by molar-refractivity contribution is 0.0231. The van der Waals surface area contributed by atoms with Crippen molar-refractivity contribution in [1.29, 1.82) is 0 Å². The molecular weight excluding hydrogens is 315 g/mol. The number of hydrogen-bond acceptors (Lipinski definition) is 3. The van der Waals surface area contributed by atoms with Gasteiger partial charge in [-0.25, -0.2) is 12.8 Å². The van der Waals surface area contributed by atoms with Crippen LogP contribution in [0.25, 0.3) is 0 Å². The molecule has 118 valence electrons. The highest BCUT2D eigenvalue weighted by atomic mass is 35.7. The van der Waals surface area contributed by atoms with Gasteiger partial charge in [-0.2, -0.15) is 0 Å². The van der Waals surface area contributed by atoms with Gasteiger partial charge in [0.25, 0.3) is 0 Å². The van der Waals surface area contributed by atoms with Crippen LogP contribution in [0.15, 0.2) is 24.3 Å². The van der Waals surface area contributed by atoms with Gasteiger partial charge < -0.3 is 4.74 Å². The molecule has 0 saturated heterocycles. The van der Waals surface area contributed by atoms with E-state index in [0.29, 0.717) is 12.2 Å². The Hall–Kier alpha value is -0.650. The van der Waals surface area contributed by atoms with Crippen molar-refractivity contribution >= 4 is 19.7 Å². The molecule has 0 amide bonds. The van der Waals surface area contributed by atoms with Gasteiger partial charge in [-0.05, 0) is 18.9 Å². The van der Waals surface area contributed by atoms with Gasteiger partial charge in [0.1, 0.15) is 5.82 Å². The van der Waals surface area contributed by atoms with E-state index < -0.39 is 14.5 Å². The maximum Gasteiger partial charge on any atom is 0.233 e. The van der Waals surface area contributed by atoms with Crippen LogP contribution in [0.1, 0.15) is 37.7 Å². The summed E-state index contributed by atoms with van der Waals surface area (Å²) in [6.07, 6.45) is 4.65. The normalized spacial score (nSPS) is 18.6. The first-order valence-electron chi connectivity index (χ1n) is 7.14. The van der Waals surface area contributed by atoms with Gasteiger partial charge in [0, 0.05) is 21.7 Å². The Morgan fingerprint density at radius 1 is 1.19 bits per heavy atom. The topological polar surface area (TPSA) is 43.4 Å². The lowest BCUT2D eigenvalue weighted by Gasteiger charge is -2.36. The van der Waals surface area contributed by atoms with Crippen molar-refractivity contribution in [2.24, 2.45) is 5.41 Å². The molecule has 0 radical (unpaired) electrons. The van der Waals surface area contributed by atoms with Crippen molar-refractivity contribution in [1.82, 2.24) is 0 Å². The molecule has 1 fully saturated rings. The van der Waals surface area contributed by atoms with E-state index in [1.807, 2.05) is 0 Å². The average molecular weight is 335 g/mol. The third kappa shape index (κ3) is 5.24. The van der Waals surface area contributed by atoms with E-state index in [-0.39, 0.29) is 18.2 Å². The zero-order valence-corrected chi connectivity index (χ0v) is 13.4. The summed E-state index contributed by atoms with van der Waals surface area (Å²) in [4.78, 5) is 0. The molecule has 1 aliphatic rings. The largest absolute Gasteiger partial charge is 0.376 e. The number of benzene rings is 1. The molecule has 2 rings (SSSR count). The van der Waals surface area contributed by atoms with Crippen LogP contribution in [-0.4, -0.2) is 20.8 Å². The van der Waals surface area contributed by atoms with Crippen molar-refractivity contribution in [3.63, 3.8) is 0 Å². The number of rotatable bonds is 6. The molecule has 1 aliphatic carbocycles. The predicted octanol–water partition coefficient (Wildman–Crippen LogP) is 3.86. The molecule has 3 nitrogen and oxygen atoms in total. The fraction of sp³-hybridized carbons (Fsp3) is 0.600. The predicted molar refractivity (Wildman–Crippen MR) is 81.2 cm³/mol. The van der Waals surface area contributed by atoms with Gasteiger partial charge in [0.05, 0.1) is 19.0 Å². The van der Waals surface area contributed by atoms with Crippen molar-refractivity contribution < 1.29 is 17.5 Å². The molecule has 0 atom stereocenters. The van der Waals surface area contributed by atoms with Gasteiger partial charge in [-0.1, -0.05) is 37.5 Å². The Morgan fingerprint density at radius 2 is 1.86 bits per heavy atom. The second-order valence-corrected chi connectivity index (χ2v) is 8.60. The highest BCUT2D eigenvalue weighted by molar-refractivity contribution is 8.13. The molecule has 1 saturated carbocycles. The third-order valence-corrected chi connectivity index (χ3v) is 5.30. The molecule has 0 spiro atoms. The third-order valence-electron chi connectivity index (χ3n) is 4.02. The number of hydrogen-bond donors (Lipinski definition) is 0. The summed E-state index contributed by atoms with van der Waals surface area (Å²) in [7, 11) is 1.87. The molecule has 0 aliphatic heterocycles. The van der Waals surface area contributed by atoms with E-state index >= 15 is 0 Å². The molecule has 1 aromatic rings. The van der Waals surface area contributed by atoms with E-state index in [4.69, 9.17) is 15.4 Å². The smallest absolute Gasteiger partial charge is 0.233 e. The number of halogens is 2. The summed E-state index contributed by atoms with van der Waals surface area (Å²) in [5.74, 6) is -0.376. The first-order valence-corrected chi connectivity index (χ1v) is 9.62. The Labute approximate surface area is 129 Å². The highest BCUT2D eigenvalue weighted by Crippen LogP contribution is 2.38. The standard InChI is InChI=1S/C15H20ClFO3S/c16-21(18,19)12-15(8-4-1-5-9-15)11-20-10-13-6-2-3-7-14(13)17/h2-3,6-7H,1,4-5,8-12H2. The lowest BCUT2D eigenvalue weighted by Crippen LogP contribution is -2.35. The molecule has 6 heteroatoms. The lowest BCUT2D eigenvalue weighted by atomic mass is 9.76. The van der Waals surface area contributed by atoms with E-state index in [1.165, 1.54) is 6.07 Å². The summed E-state index contributed by atoms with van der Waals surface area (Å²) >= 11 is 0. The maximum atomic E-state index is 13.5. The second-order valence-electron chi connectivity index (χ2n) is 5.83. The molecular formula is C15H20ClFO3S. The van der Waals surface area contributed by atoms with Gasteiger partial charge in [-0.3, -0.25) is 0 Å². The Bertz CT molecular complexity index is 568. The van der Waals surface area contributed by atoms with E-state index in [1.54, 1.807) is 18.2 Å². The minimum atomic E-state index is -3.57. The van der Waals surface area contributed by atoms with Gasteiger partial charge in [0.15, 0.2) is 0 Å². The van der Waals surface area contributed by atoms with Crippen LogP contribution in [0.4, 0.5) is 4.39 Å². The Morgan fingerprint density at radius 3 is 2.48 bits per heavy atom. The van der Waals surface area contributed by atoms with Crippen LogP contribution in [0.5, 0.6) is 0 Å². The molecule has 0 heterocycles. The van der Waals surface area contributed by atoms with Gasteiger partial charge in [0.2, 0.25) is 9.05 Å². The van der Waals surface area contributed by atoms with Crippen LogP contribution in [-0.2, 0) is 20.4 Å². The van der Waals surface area contributed by atoms with Crippen LogP contribution in [0, 0.1) is 11.2 Å². The van der Waals surface area contributed by atoms with E-state index in [9.17, 15) is 12.8 Å². The zero-order valence-electron chi connectivity index (χ0n) is 11.9. The molecule has 0 unspecified atom stereocenters. The molecule has 1 aromatic carbocycles. The van der Waals surface area contributed by atoms with E-state index in [2.05, 4.69) is 0 Å². The summed E-state index contributed by atoms with van der Waals surface area (Å²) in [5.41, 5.74) is 0.0570. The van der Waals surface area contributed by atoms with Crippen LogP contribution in [0.3, 0.4) is 0 Å².